The standard InChI is InChI=1S/C15H16N4O2/c1-11(20)19(2)14-4-3-12(9-17-14)10-18-15(21)13-5-7-16-8-6-13/h3-9H,10H2,1-2H3,(H,18,21). The summed E-state index contributed by atoms with van der Waals surface area (Å²) in [6.07, 6.45) is 4.79. The van der Waals surface area contributed by atoms with Gasteiger partial charge in [-0.3, -0.25) is 14.6 Å². The summed E-state index contributed by atoms with van der Waals surface area (Å²) < 4.78 is 0. The summed E-state index contributed by atoms with van der Waals surface area (Å²) in [6.45, 7) is 1.85. The van der Waals surface area contributed by atoms with Crippen molar-refractivity contribution in [1.82, 2.24) is 15.3 Å². The van der Waals surface area contributed by atoms with Crippen LogP contribution in [0, 0.1) is 0 Å². The fourth-order valence-electron chi connectivity index (χ4n) is 1.67. The molecule has 0 aliphatic rings. The van der Waals surface area contributed by atoms with Gasteiger partial charge in [0.1, 0.15) is 5.82 Å². The molecule has 6 nitrogen and oxygen atoms in total. The fraction of sp³-hybridized carbons (Fsp3) is 0.200. The Morgan fingerprint density at radius 1 is 1.19 bits per heavy atom. The van der Waals surface area contributed by atoms with Gasteiger partial charge in [-0.1, -0.05) is 6.07 Å². The minimum atomic E-state index is -0.165. The zero-order valence-electron chi connectivity index (χ0n) is 11.9. The highest BCUT2D eigenvalue weighted by Crippen LogP contribution is 2.09. The lowest BCUT2D eigenvalue weighted by atomic mass is 10.2. The van der Waals surface area contributed by atoms with Crippen LogP contribution in [0.4, 0.5) is 5.82 Å². The highest BCUT2D eigenvalue weighted by molar-refractivity contribution is 5.94. The predicted molar refractivity (Wildman–Crippen MR) is 78.7 cm³/mol. The van der Waals surface area contributed by atoms with Crippen LogP contribution in [-0.2, 0) is 11.3 Å². The van der Waals surface area contributed by atoms with Gasteiger partial charge in [0.05, 0.1) is 0 Å². The Morgan fingerprint density at radius 3 is 2.48 bits per heavy atom. The molecule has 21 heavy (non-hydrogen) atoms. The lowest BCUT2D eigenvalue weighted by molar-refractivity contribution is -0.116. The van der Waals surface area contributed by atoms with Gasteiger partial charge >= 0.3 is 0 Å². The van der Waals surface area contributed by atoms with Crippen LogP contribution in [0.3, 0.4) is 0 Å². The van der Waals surface area contributed by atoms with Crippen molar-refractivity contribution in [2.24, 2.45) is 0 Å². The molecule has 2 aromatic heterocycles. The van der Waals surface area contributed by atoms with E-state index < -0.39 is 0 Å². The average Bonchev–Trinajstić information content (AvgIpc) is 2.53. The molecule has 0 spiro atoms. The zero-order valence-corrected chi connectivity index (χ0v) is 11.9. The number of hydrogen-bond donors (Lipinski definition) is 1. The van der Waals surface area contributed by atoms with Gasteiger partial charge in [-0.05, 0) is 23.8 Å². The SMILES string of the molecule is CC(=O)N(C)c1ccc(CNC(=O)c2ccncc2)cn1. The number of nitrogens with one attached hydrogen (secondary N) is 1. The minimum absolute atomic E-state index is 0.0822. The van der Waals surface area contributed by atoms with Crippen LogP contribution >= 0.6 is 0 Å². The highest BCUT2D eigenvalue weighted by atomic mass is 16.2. The van der Waals surface area contributed by atoms with Crippen molar-refractivity contribution >= 4 is 17.6 Å². The van der Waals surface area contributed by atoms with Crippen molar-refractivity contribution in [3.63, 3.8) is 0 Å². The average molecular weight is 284 g/mol. The summed E-state index contributed by atoms with van der Waals surface area (Å²) in [4.78, 5) is 32.6. The lowest BCUT2D eigenvalue weighted by Gasteiger charge is -2.13. The number of carbonyl (C=O) groups excluding carboxylic acids is 2. The maximum Gasteiger partial charge on any atom is 0.251 e. The van der Waals surface area contributed by atoms with Crippen molar-refractivity contribution in [1.29, 1.82) is 0 Å². The molecule has 0 aromatic carbocycles. The second kappa shape index (κ2) is 6.60. The molecular formula is C15H16N4O2. The summed E-state index contributed by atoms with van der Waals surface area (Å²) >= 11 is 0. The van der Waals surface area contributed by atoms with Crippen molar-refractivity contribution in [3.05, 3.63) is 54.0 Å². The summed E-state index contributed by atoms with van der Waals surface area (Å²) in [5.41, 5.74) is 1.42. The molecule has 0 atom stereocenters. The molecule has 2 heterocycles. The van der Waals surface area contributed by atoms with E-state index in [0.717, 1.165) is 5.56 Å². The normalized spacial score (nSPS) is 10.0. The van der Waals surface area contributed by atoms with E-state index >= 15 is 0 Å². The van der Waals surface area contributed by atoms with Gasteiger partial charge in [0.2, 0.25) is 5.91 Å². The van der Waals surface area contributed by atoms with Crippen LogP contribution in [0.1, 0.15) is 22.8 Å². The van der Waals surface area contributed by atoms with Gasteiger partial charge < -0.3 is 10.2 Å². The number of hydrogen-bond acceptors (Lipinski definition) is 4. The van der Waals surface area contributed by atoms with E-state index in [1.807, 2.05) is 6.07 Å². The smallest absolute Gasteiger partial charge is 0.251 e. The maximum absolute atomic E-state index is 11.9. The van der Waals surface area contributed by atoms with Crippen molar-refractivity contribution in [3.8, 4) is 0 Å². The number of amides is 2. The van der Waals surface area contributed by atoms with Crippen LogP contribution in [0.2, 0.25) is 0 Å². The first kappa shape index (κ1) is 14.6. The predicted octanol–water partition coefficient (Wildman–Crippen LogP) is 1.39. The molecule has 6 heteroatoms. The van der Waals surface area contributed by atoms with E-state index in [1.165, 1.54) is 11.8 Å². The van der Waals surface area contributed by atoms with Crippen LogP contribution in [0.25, 0.3) is 0 Å². The lowest BCUT2D eigenvalue weighted by Crippen LogP contribution is -2.24. The number of carbonyl (C=O) groups is 2. The van der Waals surface area contributed by atoms with Gasteiger partial charge in [-0.15, -0.1) is 0 Å². The topological polar surface area (TPSA) is 75.2 Å². The monoisotopic (exact) mass is 284 g/mol. The van der Waals surface area contributed by atoms with Crippen molar-refractivity contribution < 1.29 is 9.59 Å². The number of aromatic nitrogens is 2. The first-order valence-corrected chi connectivity index (χ1v) is 6.45. The van der Waals surface area contributed by atoms with Crippen LogP contribution < -0.4 is 10.2 Å². The number of rotatable bonds is 4. The van der Waals surface area contributed by atoms with E-state index in [1.54, 1.807) is 43.8 Å². The van der Waals surface area contributed by atoms with E-state index in [9.17, 15) is 9.59 Å². The third-order valence-electron chi connectivity index (χ3n) is 3.02. The number of anilines is 1. The molecule has 0 saturated carbocycles. The molecule has 0 saturated heterocycles. The van der Waals surface area contributed by atoms with Gasteiger partial charge in [-0.25, -0.2) is 4.98 Å². The number of pyridine rings is 2. The Hall–Kier alpha value is -2.76. The van der Waals surface area contributed by atoms with Crippen LogP contribution in [-0.4, -0.2) is 28.8 Å². The molecule has 0 radical (unpaired) electrons. The molecule has 2 rings (SSSR count). The Labute approximate surface area is 122 Å². The van der Waals surface area contributed by atoms with Crippen LogP contribution in [0.15, 0.2) is 42.9 Å². The van der Waals surface area contributed by atoms with E-state index in [0.29, 0.717) is 17.9 Å². The molecule has 2 aromatic rings. The van der Waals surface area contributed by atoms with E-state index in [-0.39, 0.29) is 11.8 Å². The second-order valence-electron chi connectivity index (χ2n) is 4.52. The largest absolute Gasteiger partial charge is 0.348 e. The van der Waals surface area contributed by atoms with Crippen LogP contribution in [0.5, 0.6) is 0 Å². The van der Waals surface area contributed by atoms with Crippen molar-refractivity contribution in [2.75, 3.05) is 11.9 Å². The molecule has 0 aliphatic carbocycles. The fourth-order valence-corrected chi connectivity index (χ4v) is 1.67. The molecule has 0 unspecified atom stereocenters. The Kier molecular flexibility index (Phi) is 4.61. The highest BCUT2D eigenvalue weighted by Gasteiger charge is 2.07. The summed E-state index contributed by atoms with van der Waals surface area (Å²) in [5.74, 6) is 0.329. The molecular weight excluding hydrogens is 268 g/mol. The quantitative estimate of drug-likeness (QED) is 0.920. The van der Waals surface area contributed by atoms with Gasteiger partial charge in [0.25, 0.3) is 5.91 Å². The maximum atomic E-state index is 11.9. The second-order valence-corrected chi connectivity index (χ2v) is 4.52. The summed E-state index contributed by atoms with van der Waals surface area (Å²) in [7, 11) is 1.66. The van der Waals surface area contributed by atoms with Crippen molar-refractivity contribution in [2.45, 2.75) is 13.5 Å². The van der Waals surface area contributed by atoms with E-state index in [4.69, 9.17) is 0 Å². The molecule has 0 bridgehead atoms. The van der Waals surface area contributed by atoms with Gasteiger partial charge in [0, 0.05) is 44.7 Å². The third kappa shape index (κ3) is 3.85. The first-order valence-electron chi connectivity index (χ1n) is 6.45. The molecule has 2 amide bonds. The Balaban J connectivity index is 1.95. The third-order valence-corrected chi connectivity index (χ3v) is 3.02. The molecule has 0 fully saturated rings. The van der Waals surface area contributed by atoms with Gasteiger partial charge in [-0.2, -0.15) is 0 Å². The minimum Gasteiger partial charge on any atom is -0.348 e. The zero-order chi connectivity index (χ0) is 15.2. The number of nitrogens with zero attached hydrogens (tertiary/aromatic N) is 3. The summed E-state index contributed by atoms with van der Waals surface area (Å²) in [5, 5.41) is 2.80. The molecule has 1 N–H and O–H groups in total. The summed E-state index contributed by atoms with van der Waals surface area (Å²) in [6, 6.07) is 6.88. The molecule has 108 valence electrons. The molecule has 0 aliphatic heterocycles. The Morgan fingerprint density at radius 2 is 1.90 bits per heavy atom. The van der Waals surface area contributed by atoms with E-state index in [2.05, 4.69) is 15.3 Å². The van der Waals surface area contributed by atoms with Gasteiger partial charge in [0.15, 0.2) is 0 Å². The Bertz CT molecular complexity index is 626. The first-order chi connectivity index (χ1) is 10.1.